The second kappa shape index (κ2) is 8.53. The third-order valence-corrected chi connectivity index (χ3v) is 3.11. The summed E-state index contributed by atoms with van der Waals surface area (Å²) in [6, 6.07) is 3.67. The number of ether oxygens (including phenoxy) is 1. The molecule has 0 aliphatic carbocycles. The highest BCUT2D eigenvalue weighted by molar-refractivity contribution is 5.76. The van der Waals surface area contributed by atoms with Crippen molar-refractivity contribution in [1.82, 2.24) is 10.3 Å². The molecule has 0 aromatic carbocycles. The molecule has 0 fully saturated rings. The van der Waals surface area contributed by atoms with Crippen molar-refractivity contribution in [1.29, 1.82) is 0 Å². The van der Waals surface area contributed by atoms with Crippen LogP contribution in [-0.2, 0) is 11.3 Å². The van der Waals surface area contributed by atoms with Gasteiger partial charge >= 0.3 is 0 Å². The van der Waals surface area contributed by atoms with Crippen molar-refractivity contribution in [3.8, 4) is 5.88 Å². The predicted molar refractivity (Wildman–Crippen MR) is 79.3 cm³/mol. The van der Waals surface area contributed by atoms with Gasteiger partial charge in [0.05, 0.1) is 7.11 Å². The van der Waals surface area contributed by atoms with Crippen molar-refractivity contribution in [2.24, 2.45) is 17.6 Å². The van der Waals surface area contributed by atoms with E-state index in [1.807, 2.05) is 6.07 Å². The summed E-state index contributed by atoms with van der Waals surface area (Å²) in [6.45, 7) is 5.32. The van der Waals surface area contributed by atoms with Crippen molar-refractivity contribution < 1.29 is 9.53 Å². The Balaban J connectivity index is 2.37. The van der Waals surface area contributed by atoms with Crippen molar-refractivity contribution in [3.05, 3.63) is 23.9 Å². The average molecular weight is 279 g/mol. The number of amides is 1. The minimum Gasteiger partial charge on any atom is -0.481 e. The Kier molecular flexibility index (Phi) is 7.01. The van der Waals surface area contributed by atoms with Crippen LogP contribution in [0.3, 0.4) is 0 Å². The first-order chi connectivity index (χ1) is 9.55. The molecule has 0 radical (unpaired) electrons. The van der Waals surface area contributed by atoms with Gasteiger partial charge in [0, 0.05) is 25.2 Å². The van der Waals surface area contributed by atoms with E-state index in [4.69, 9.17) is 10.5 Å². The molecule has 1 rings (SSSR count). The first-order valence-electron chi connectivity index (χ1n) is 7.00. The summed E-state index contributed by atoms with van der Waals surface area (Å²) in [4.78, 5) is 16.0. The molecule has 112 valence electrons. The lowest BCUT2D eigenvalue weighted by Gasteiger charge is -2.16. The molecule has 0 bridgehead atoms. The summed E-state index contributed by atoms with van der Waals surface area (Å²) in [5.74, 6) is 1.42. The van der Waals surface area contributed by atoms with Crippen LogP contribution in [0.25, 0.3) is 0 Å². The van der Waals surface area contributed by atoms with Gasteiger partial charge in [-0.2, -0.15) is 0 Å². The van der Waals surface area contributed by atoms with E-state index in [2.05, 4.69) is 24.1 Å². The lowest BCUT2D eigenvalue weighted by Crippen LogP contribution is -2.28. The monoisotopic (exact) mass is 279 g/mol. The Morgan fingerprint density at radius 1 is 1.45 bits per heavy atom. The summed E-state index contributed by atoms with van der Waals surface area (Å²) >= 11 is 0. The van der Waals surface area contributed by atoms with Gasteiger partial charge < -0.3 is 15.8 Å². The smallest absolute Gasteiger partial charge is 0.220 e. The summed E-state index contributed by atoms with van der Waals surface area (Å²) in [5.41, 5.74) is 6.66. The van der Waals surface area contributed by atoms with E-state index in [0.29, 0.717) is 31.3 Å². The molecule has 3 N–H and O–H groups in total. The zero-order chi connectivity index (χ0) is 15.0. The second-order valence-corrected chi connectivity index (χ2v) is 5.42. The molecular weight excluding hydrogens is 254 g/mol. The van der Waals surface area contributed by atoms with E-state index in [1.165, 1.54) is 0 Å². The van der Waals surface area contributed by atoms with Gasteiger partial charge in [-0.15, -0.1) is 0 Å². The van der Waals surface area contributed by atoms with E-state index in [9.17, 15) is 4.79 Å². The molecule has 0 spiro atoms. The summed E-state index contributed by atoms with van der Waals surface area (Å²) < 4.78 is 4.99. The molecule has 1 amide bonds. The number of carbonyl (C=O) groups is 1. The van der Waals surface area contributed by atoms with Crippen LogP contribution in [0.5, 0.6) is 5.88 Å². The van der Waals surface area contributed by atoms with Crippen LogP contribution in [0.2, 0.25) is 0 Å². The summed E-state index contributed by atoms with van der Waals surface area (Å²) in [5, 5.41) is 2.90. The van der Waals surface area contributed by atoms with Gasteiger partial charge in [0.1, 0.15) is 0 Å². The van der Waals surface area contributed by atoms with E-state index in [-0.39, 0.29) is 11.8 Å². The molecule has 1 aromatic rings. The number of carbonyl (C=O) groups excluding carboxylic acids is 1. The van der Waals surface area contributed by atoms with Gasteiger partial charge in [-0.3, -0.25) is 4.79 Å². The molecule has 1 heterocycles. The normalized spacial score (nSPS) is 12.2. The molecule has 0 unspecified atom stereocenters. The van der Waals surface area contributed by atoms with Gasteiger partial charge in [0.15, 0.2) is 0 Å². The number of methoxy groups -OCH3 is 1. The minimum atomic E-state index is 0.0388. The zero-order valence-corrected chi connectivity index (χ0v) is 12.6. The lowest BCUT2D eigenvalue weighted by atomic mass is 9.94. The fraction of sp³-hybridized carbons (Fsp3) is 0.600. The van der Waals surface area contributed by atoms with Gasteiger partial charge in [-0.05, 0) is 30.4 Å². The van der Waals surface area contributed by atoms with Gasteiger partial charge in [0.2, 0.25) is 11.8 Å². The largest absolute Gasteiger partial charge is 0.481 e. The maximum absolute atomic E-state index is 11.9. The number of nitrogens with one attached hydrogen (secondary N) is 1. The molecule has 1 atom stereocenters. The SMILES string of the molecule is COc1ccc(CNC(=O)C[C@@H](CN)CC(C)C)cn1. The van der Waals surface area contributed by atoms with Crippen molar-refractivity contribution >= 4 is 5.91 Å². The number of aromatic nitrogens is 1. The Morgan fingerprint density at radius 2 is 2.20 bits per heavy atom. The number of hydrogen-bond acceptors (Lipinski definition) is 4. The van der Waals surface area contributed by atoms with Gasteiger partial charge in [-0.25, -0.2) is 4.98 Å². The number of nitrogens with zero attached hydrogens (tertiary/aromatic N) is 1. The van der Waals surface area contributed by atoms with E-state index >= 15 is 0 Å². The maximum Gasteiger partial charge on any atom is 0.220 e. The Hall–Kier alpha value is -1.62. The predicted octanol–water partition coefficient (Wildman–Crippen LogP) is 1.72. The van der Waals surface area contributed by atoms with Crippen molar-refractivity contribution in [3.63, 3.8) is 0 Å². The standard InChI is InChI=1S/C15H25N3O2/c1-11(2)6-13(8-16)7-14(19)17-9-12-4-5-15(20-3)18-10-12/h4-5,10-11,13H,6-9,16H2,1-3H3,(H,17,19)/t13-/m0/s1. The van der Waals surface area contributed by atoms with Crippen LogP contribution in [0.4, 0.5) is 0 Å². The van der Waals surface area contributed by atoms with E-state index in [0.717, 1.165) is 12.0 Å². The van der Waals surface area contributed by atoms with Crippen LogP contribution in [-0.4, -0.2) is 24.5 Å². The van der Waals surface area contributed by atoms with Crippen LogP contribution >= 0.6 is 0 Å². The molecule has 5 heteroatoms. The van der Waals surface area contributed by atoms with E-state index < -0.39 is 0 Å². The molecule has 20 heavy (non-hydrogen) atoms. The average Bonchev–Trinajstić information content (AvgIpc) is 2.44. The van der Waals surface area contributed by atoms with Crippen LogP contribution < -0.4 is 15.8 Å². The molecule has 0 saturated heterocycles. The third kappa shape index (κ3) is 6.02. The topological polar surface area (TPSA) is 77.2 Å². The van der Waals surface area contributed by atoms with Gasteiger partial charge in [-0.1, -0.05) is 19.9 Å². The number of nitrogens with two attached hydrogens (primary N) is 1. The van der Waals surface area contributed by atoms with Crippen LogP contribution in [0, 0.1) is 11.8 Å². The Morgan fingerprint density at radius 3 is 2.70 bits per heavy atom. The van der Waals surface area contributed by atoms with Gasteiger partial charge in [0.25, 0.3) is 0 Å². The number of rotatable bonds is 8. The Labute approximate surface area is 120 Å². The molecule has 0 aliphatic heterocycles. The maximum atomic E-state index is 11.9. The highest BCUT2D eigenvalue weighted by Crippen LogP contribution is 2.14. The van der Waals surface area contributed by atoms with Crippen LogP contribution in [0.15, 0.2) is 18.3 Å². The first-order valence-corrected chi connectivity index (χ1v) is 7.00. The summed E-state index contributed by atoms with van der Waals surface area (Å²) in [7, 11) is 1.57. The number of hydrogen-bond donors (Lipinski definition) is 2. The lowest BCUT2D eigenvalue weighted by molar-refractivity contribution is -0.122. The highest BCUT2D eigenvalue weighted by atomic mass is 16.5. The molecule has 1 aromatic heterocycles. The fourth-order valence-corrected chi connectivity index (χ4v) is 2.10. The van der Waals surface area contributed by atoms with Crippen molar-refractivity contribution in [2.75, 3.05) is 13.7 Å². The quantitative estimate of drug-likeness (QED) is 0.759. The fourth-order valence-electron chi connectivity index (χ4n) is 2.10. The highest BCUT2D eigenvalue weighted by Gasteiger charge is 2.13. The first kappa shape index (κ1) is 16.4. The minimum absolute atomic E-state index is 0.0388. The number of pyridine rings is 1. The van der Waals surface area contributed by atoms with E-state index in [1.54, 1.807) is 19.4 Å². The van der Waals surface area contributed by atoms with Crippen LogP contribution in [0.1, 0.15) is 32.3 Å². The molecular formula is C15H25N3O2. The third-order valence-electron chi connectivity index (χ3n) is 3.11. The molecule has 0 aliphatic rings. The molecule has 5 nitrogen and oxygen atoms in total. The Bertz CT molecular complexity index is 404. The van der Waals surface area contributed by atoms with Crippen molar-refractivity contribution in [2.45, 2.75) is 33.2 Å². The second-order valence-electron chi connectivity index (χ2n) is 5.42. The molecule has 0 saturated carbocycles. The zero-order valence-electron chi connectivity index (χ0n) is 12.6. The summed E-state index contributed by atoms with van der Waals surface area (Å²) in [6.07, 6.45) is 3.17.